The summed E-state index contributed by atoms with van der Waals surface area (Å²) in [5.74, 6) is 1.11. The van der Waals surface area contributed by atoms with Crippen LogP contribution in [-0.2, 0) is 13.0 Å². The van der Waals surface area contributed by atoms with Crippen LogP contribution in [0.15, 0.2) is 48.7 Å². The van der Waals surface area contributed by atoms with E-state index in [4.69, 9.17) is 9.97 Å². The number of anilines is 1. The van der Waals surface area contributed by atoms with Crippen molar-refractivity contribution in [2.45, 2.75) is 32.4 Å². The summed E-state index contributed by atoms with van der Waals surface area (Å²) >= 11 is 0. The lowest BCUT2D eigenvalue weighted by atomic mass is 10.1. The van der Waals surface area contributed by atoms with Crippen molar-refractivity contribution in [1.82, 2.24) is 24.1 Å². The minimum Gasteiger partial charge on any atom is -0.494 e. The van der Waals surface area contributed by atoms with Crippen LogP contribution < -0.4 is 5.32 Å². The highest BCUT2D eigenvalue weighted by atomic mass is 19.1. The zero-order valence-corrected chi connectivity index (χ0v) is 17.5. The molecule has 0 amide bonds. The van der Waals surface area contributed by atoms with Crippen molar-refractivity contribution in [3.05, 3.63) is 60.3 Å². The first-order valence-electron chi connectivity index (χ1n) is 10.6. The average molecular weight is 434 g/mol. The van der Waals surface area contributed by atoms with Gasteiger partial charge in [-0.1, -0.05) is 0 Å². The number of nitrogens with zero attached hydrogens (tertiary/aromatic N) is 5. The summed E-state index contributed by atoms with van der Waals surface area (Å²) < 4.78 is 17.2. The van der Waals surface area contributed by atoms with Crippen LogP contribution in [0.1, 0.15) is 25.2 Å². The smallest absolute Gasteiger partial charge is 0.223 e. The molecular weight excluding hydrogens is 411 g/mol. The standard InChI is InChI=1S/C23H23FN6O2/c1-2-25-23-26-12-11-17(27-23)22-21(14-3-5-15(24)6-4-14)28-18-8-7-16(30(18)22)13-29-19(31)9-10-20(29)32/h3-6,9-12,16,31-32H,2,7-8,13H2,1H3,(H,25,26,27). The first-order chi connectivity index (χ1) is 15.5. The maximum atomic E-state index is 13.6. The maximum absolute atomic E-state index is 13.6. The molecule has 164 valence electrons. The molecule has 0 spiro atoms. The number of aromatic nitrogens is 5. The van der Waals surface area contributed by atoms with Crippen molar-refractivity contribution in [2.24, 2.45) is 0 Å². The van der Waals surface area contributed by atoms with Gasteiger partial charge in [-0.05, 0) is 43.7 Å². The molecule has 0 bridgehead atoms. The number of benzene rings is 1. The van der Waals surface area contributed by atoms with E-state index in [1.165, 1.54) is 28.8 Å². The van der Waals surface area contributed by atoms with E-state index in [1.807, 2.05) is 13.0 Å². The normalized spacial score (nSPS) is 15.1. The van der Waals surface area contributed by atoms with Crippen molar-refractivity contribution < 1.29 is 14.6 Å². The Morgan fingerprint density at radius 3 is 2.53 bits per heavy atom. The van der Waals surface area contributed by atoms with Gasteiger partial charge in [0.15, 0.2) is 11.8 Å². The highest BCUT2D eigenvalue weighted by Crippen LogP contribution is 2.40. The number of fused-ring (bicyclic) bond motifs is 1. The van der Waals surface area contributed by atoms with Crippen LogP contribution in [0.5, 0.6) is 11.8 Å². The van der Waals surface area contributed by atoms with E-state index in [0.717, 1.165) is 29.9 Å². The van der Waals surface area contributed by atoms with E-state index >= 15 is 0 Å². The monoisotopic (exact) mass is 434 g/mol. The Balaban J connectivity index is 1.66. The van der Waals surface area contributed by atoms with E-state index in [9.17, 15) is 14.6 Å². The van der Waals surface area contributed by atoms with Gasteiger partial charge in [-0.15, -0.1) is 0 Å². The Morgan fingerprint density at radius 1 is 1.06 bits per heavy atom. The second kappa shape index (κ2) is 7.99. The summed E-state index contributed by atoms with van der Waals surface area (Å²) in [5.41, 5.74) is 3.01. The van der Waals surface area contributed by atoms with Crippen LogP contribution in [0.4, 0.5) is 10.3 Å². The number of hydrogen-bond donors (Lipinski definition) is 3. The summed E-state index contributed by atoms with van der Waals surface area (Å²) in [4.78, 5) is 13.9. The molecule has 0 radical (unpaired) electrons. The summed E-state index contributed by atoms with van der Waals surface area (Å²) in [6, 6.07) is 11.0. The molecule has 0 saturated heterocycles. The van der Waals surface area contributed by atoms with Gasteiger partial charge >= 0.3 is 0 Å². The van der Waals surface area contributed by atoms with Crippen LogP contribution in [0, 0.1) is 5.82 Å². The Morgan fingerprint density at radius 2 is 1.81 bits per heavy atom. The van der Waals surface area contributed by atoms with E-state index in [0.29, 0.717) is 30.4 Å². The molecule has 3 N–H and O–H groups in total. The fourth-order valence-electron chi connectivity index (χ4n) is 4.28. The first kappa shape index (κ1) is 20.0. The second-order valence-electron chi connectivity index (χ2n) is 7.75. The number of aromatic hydroxyl groups is 2. The summed E-state index contributed by atoms with van der Waals surface area (Å²) in [6.07, 6.45) is 3.25. The number of aryl methyl sites for hydroxylation is 1. The Labute approximate surface area is 184 Å². The first-order valence-corrected chi connectivity index (χ1v) is 10.6. The molecule has 1 unspecified atom stereocenters. The minimum absolute atomic E-state index is 0.00726. The molecule has 4 aromatic rings. The van der Waals surface area contributed by atoms with E-state index in [2.05, 4.69) is 14.9 Å². The van der Waals surface area contributed by atoms with Gasteiger partial charge in [0, 0.05) is 43.4 Å². The van der Waals surface area contributed by atoms with E-state index in [1.54, 1.807) is 18.3 Å². The molecule has 0 fully saturated rings. The third-order valence-corrected chi connectivity index (χ3v) is 5.73. The number of imidazole rings is 1. The van der Waals surface area contributed by atoms with Crippen LogP contribution in [0.2, 0.25) is 0 Å². The molecule has 1 atom stereocenters. The van der Waals surface area contributed by atoms with Gasteiger partial charge in [0.25, 0.3) is 0 Å². The van der Waals surface area contributed by atoms with Gasteiger partial charge in [0.05, 0.1) is 23.1 Å². The predicted molar refractivity (Wildman–Crippen MR) is 118 cm³/mol. The minimum atomic E-state index is -0.310. The number of halogens is 1. The quantitative estimate of drug-likeness (QED) is 0.424. The highest BCUT2D eigenvalue weighted by molar-refractivity contribution is 5.78. The summed E-state index contributed by atoms with van der Waals surface area (Å²) in [6.45, 7) is 3.05. The van der Waals surface area contributed by atoms with Gasteiger partial charge in [0.1, 0.15) is 11.6 Å². The van der Waals surface area contributed by atoms with Crippen LogP contribution in [-0.4, -0.2) is 40.8 Å². The topological polar surface area (TPSA) is 101 Å². The summed E-state index contributed by atoms with van der Waals surface area (Å²) in [7, 11) is 0. The molecule has 8 nitrogen and oxygen atoms in total. The Kier molecular flexibility index (Phi) is 5.01. The van der Waals surface area contributed by atoms with E-state index < -0.39 is 0 Å². The number of nitrogens with one attached hydrogen (secondary N) is 1. The molecule has 1 aliphatic heterocycles. The van der Waals surface area contributed by atoms with Crippen LogP contribution >= 0.6 is 0 Å². The van der Waals surface area contributed by atoms with Gasteiger partial charge < -0.3 is 20.1 Å². The molecular formula is C23H23FN6O2. The largest absolute Gasteiger partial charge is 0.494 e. The lowest BCUT2D eigenvalue weighted by molar-refractivity contribution is 0.335. The third kappa shape index (κ3) is 3.45. The molecule has 4 heterocycles. The molecule has 32 heavy (non-hydrogen) atoms. The number of hydrogen-bond acceptors (Lipinski definition) is 6. The maximum Gasteiger partial charge on any atom is 0.223 e. The molecule has 9 heteroatoms. The SMILES string of the molecule is CCNc1nccc(-c2c(-c3ccc(F)cc3)nc3n2C(Cn2c(O)ccc2O)CC3)n1. The number of rotatable bonds is 6. The predicted octanol–water partition coefficient (Wildman–Crippen LogP) is 3.98. The third-order valence-electron chi connectivity index (χ3n) is 5.73. The van der Waals surface area contributed by atoms with Crippen molar-refractivity contribution in [2.75, 3.05) is 11.9 Å². The Hall–Kier alpha value is -3.88. The zero-order valence-electron chi connectivity index (χ0n) is 17.5. The molecule has 5 rings (SSSR count). The lowest BCUT2D eigenvalue weighted by Crippen LogP contribution is -2.14. The highest BCUT2D eigenvalue weighted by Gasteiger charge is 2.31. The fourth-order valence-corrected chi connectivity index (χ4v) is 4.28. The molecule has 0 saturated carbocycles. The second-order valence-corrected chi connectivity index (χ2v) is 7.75. The van der Waals surface area contributed by atoms with Crippen molar-refractivity contribution in [3.8, 4) is 34.4 Å². The Bertz CT molecular complexity index is 1240. The van der Waals surface area contributed by atoms with Crippen molar-refractivity contribution in [3.63, 3.8) is 0 Å². The fraction of sp³-hybridized carbons (Fsp3) is 0.261. The lowest BCUT2D eigenvalue weighted by Gasteiger charge is -2.19. The molecule has 3 aromatic heterocycles. The van der Waals surface area contributed by atoms with E-state index in [-0.39, 0.29) is 23.6 Å². The van der Waals surface area contributed by atoms with Gasteiger partial charge in [-0.2, -0.15) is 0 Å². The molecule has 1 aliphatic rings. The summed E-state index contributed by atoms with van der Waals surface area (Å²) in [5, 5.41) is 23.4. The average Bonchev–Trinajstić information content (AvgIpc) is 3.45. The van der Waals surface area contributed by atoms with Crippen molar-refractivity contribution in [1.29, 1.82) is 0 Å². The van der Waals surface area contributed by atoms with Crippen LogP contribution in [0.25, 0.3) is 22.6 Å². The van der Waals surface area contributed by atoms with Crippen LogP contribution in [0.3, 0.4) is 0 Å². The van der Waals surface area contributed by atoms with Gasteiger partial charge in [0.2, 0.25) is 5.95 Å². The van der Waals surface area contributed by atoms with Crippen molar-refractivity contribution >= 4 is 5.95 Å². The zero-order chi connectivity index (χ0) is 22.2. The molecule has 1 aromatic carbocycles. The molecule has 0 aliphatic carbocycles. The van der Waals surface area contributed by atoms with Gasteiger partial charge in [-0.3, -0.25) is 4.57 Å². The van der Waals surface area contributed by atoms with Gasteiger partial charge in [-0.25, -0.2) is 19.3 Å².